The molecular formula is C10H14N2O3S. The highest BCUT2D eigenvalue weighted by Crippen LogP contribution is 2.20. The van der Waals surface area contributed by atoms with E-state index in [9.17, 15) is 4.79 Å². The van der Waals surface area contributed by atoms with Crippen molar-refractivity contribution in [3.63, 3.8) is 0 Å². The lowest BCUT2D eigenvalue weighted by Gasteiger charge is -2.10. The summed E-state index contributed by atoms with van der Waals surface area (Å²) in [5.41, 5.74) is 0. The quantitative estimate of drug-likeness (QED) is 0.783. The molecule has 1 atom stereocenters. The van der Waals surface area contributed by atoms with Gasteiger partial charge in [0.15, 0.2) is 5.16 Å². The molecule has 1 aliphatic heterocycles. The molecule has 0 radical (unpaired) electrons. The molecule has 6 heteroatoms. The summed E-state index contributed by atoms with van der Waals surface area (Å²) >= 11 is 1.26. The molecule has 1 aromatic heterocycles. The van der Waals surface area contributed by atoms with Crippen molar-refractivity contribution < 1.29 is 14.6 Å². The van der Waals surface area contributed by atoms with Crippen molar-refractivity contribution in [2.24, 2.45) is 5.92 Å². The van der Waals surface area contributed by atoms with E-state index < -0.39 is 5.97 Å². The number of hydrogen-bond donors (Lipinski definition) is 1. The molecule has 1 unspecified atom stereocenters. The van der Waals surface area contributed by atoms with E-state index in [-0.39, 0.29) is 5.75 Å². The Balaban J connectivity index is 1.92. The number of aliphatic carboxylic acids is 1. The van der Waals surface area contributed by atoms with Gasteiger partial charge in [-0.15, -0.1) is 0 Å². The second kappa shape index (κ2) is 5.36. The summed E-state index contributed by atoms with van der Waals surface area (Å²) in [7, 11) is 0. The van der Waals surface area contributed by atoms with Crippen LogP contribution in [-0.2, 0) is 16.1 Å². The molecule has 0 saturated carbocycles. The van der Waals surface area contributed by atoms with Crippen LogP contribution in [0.5, 0.6) is 0 Å². The minimum atomic E-state index is -0.816. The van der Waals surface area contributed by atoms with Gasteiger partial charge in [-0.25, -0.2) is 4.98 Å². The Morgan fingerprint density at radius 1 is 1.75 bits per heavy atom. The van der Waals surface area contributed by atoms with Gasteiger partial charge in [-0.2, -0.15) is 0 Å². The fraction of sp³-hybridized carbons (Fsp3) is 0.600. The fourth-order valence-electron chi connectivity index (χ4n) is 1.71. The number of carboxylic acids is 1. The summed E-state index contributed by atoms with van der Waals surface area (Å²) < 4.78 is 7.32. The summed E-state index contributed by atoms with van der Waals surface area (Å²) in [6, 6.07) is 0. The molecule has 0 spiro atoms. The third-order valence-corrected chi connectivity index (χ3v) is 3.47. The highest BCUT2D eigenvalue weighted by Gasteiger charge is 2.17. The van der Waals surface area contributed by atoms with E-state index in [4.69, 9.17) is 9.84 Å². The van der Waals surface area contributed by atoms with E-state index in [0.29, 0.717) is 5.92 Å². The van der Waals surface area contributed by atoms with Crippen LogP contribution < -0.4 is 0 Å². The van der Waals surface area contributed by atoms with Crippen molar-refractivity contribution in [2.45, 2.75) is 18.1 Å². The van der Waals surface area contributed by atoms with Crippen LogP contribution in [0.4, 0.5) is 0 Å². The first-order chi connectivity index (χ1) is 7.75. The van der Waals surface area contributed by atoms with Crippen molar-refractivity contribution in [3.8, 4) is 0 Å². The van der Waals surface area contributed by atoms with Crippen molar-refractivity contribution >= 4 is 17.7 Å². The number of carbonyl (C=O) groups is 1. The Bertz CT molecular complexity index is 361. The van der Waals surface area contributed by atoms with E-state index >= 15 is 0 Å². The summed E-state index contributed by atoms with van der Waals surface area (Å²) in [5.74, 6) is -0.236. The van der Waals surface area contributed by atoms with Crippen LogP contribution in [0.1, 0.15) is 6.42 Å². The molecule has 1 aromatic rings. The molecule has 0 aliphatic carbocycles. The van der Waals surface area contributed by atoms with Gasteiger partial charge in [0, 0.05) is 31.5 Å². The number of imidazole rings is 1. The molecule has 1 saturated heterocycles. The van der Waals surface area contributed by atoms with Gasteiger partial charge in [0.1, 0.15) is 0 Å². The number of hydrogen-bond acceptors (Lipinski definition) is 4. The molecule has 88 valence electrons. The predicted octanol–water partition coefficient (Wildman–Crippen LogP) is 1.10. The Morgan fingerprint density at radius 3 is 3.31 bits per heavy atom. The van der Waals surface area contributed by atoms with Gasteiger partial charge in [0.25, 0.3) is 0 Å². The van der Waals surface area contributed by atoms with Gasteiger partial charge >= 0.3 is 5.97 Å². The molecular weight excluding hydrogens is 228 g/mol. The zero-order chi connectivity index (χ0) is 11.4. The third kappa shape index (κ3) is 2.99. The van der Waals surface area contributed by atoms with Crippen molar-refractivity contribution in [1.29, 1.82) is 0 Å². The second-order valence-electron chi connectivity index (χ2n) is 3.77. The molecule has 2 rings (SSSR count). The Morgan fingerprint density at radius 2 is 2.62 bits per heavy atom. The highest BCUT2D eigenvalue weighted by molar-refractivity contribution is 7.99. The topological polar surface area (TPSA) is 64.3 Å². The van der Waals surface area contributed by atoms with Crippen LogP contribution in [0.15, 0.2) is 17.6 Å². The van der Waals surface area contributed by atoms with Crippen LogP contribution in [0.3, 0.4) is 0 Å². The van der Waals surface area contributed by atoms with Crippen LogP contribution in [0.2, 0.25) is 0 Å². The van der Waals surface area contributed by atoms with Gasteiger partial charge in [-0.1, -0.05) is 11.8 Å². The maximum atomic E-state index is 10.5. The summed E-state index contributed by atoms with van der Waals surface area (Å²) in [6.07, 6.45) is 4.67. The Labute approximate surface area is 97.8 Å². The molecule has 1 fully saturated rings. The molecule has 0 amide bonds. The summed E-state index contributed by atoms with van der Waals surface area (Å²) in [4.78, 5) is 14.6. The van der Waals surface area contributed by atoms with Crippen molar-refractivity contribution in [2.75, 3.05) is 19.0 Å². The van der Waals surface area contributed by atoms with Gasteiger partial charge in [0.05, 0.1) is 12.4 Å². The van der Waals surface area contributed by atoms with Crippen LogP contribution >= 0.6 is 11.8 Å². The normalized spacial score (nSPS) is 20.1. The maximum absolute atomic E-state index is 10.5. The van der Waals surface area contributed by atoms with Gasteiger partial charge in [-0.05, 0) is 6.42 Å². The Hall–Kier alpha value is -1.01. The molecule has 2 heterocycles. The van der Waals surface area contributed by atoms with Crippen LogP contribution in [0, 0.1) is 5.92 Å². The maximum Gasteiger partial charge on any atom is 0.313 e. The first-order valence-corrected chi connectivity index (χ1v) is 6.17. The zero-order valence-electron chi connectivity index (χ0n) is 8.83. The van der Waals surface area contributed by atoms with Crippen molar-refractivity contribution in [1.82, 2.24) is 9.55 Å². The summed E-state index contributed by atoms with van der Waals surface area (Å²) in [5, 5.41) is 9.38. The minimum absolute atomic E-state index is 0.0537. The summed E-state index contributed by atoms with van der Waals surface area (Å²) in [6.45, 7) is 2.49. The molecule has 0 aromatic carbocycles. The lowest BCUT2D eigenvalue weighted by molar-refractivity contribution is -0.133. The monoisotopic (exact) mass is 242 g/mol. The number of thioether (sulfide) groups is 1. The largest absolute Gasteiger partial charge is 0.481 e. The van der Waals surface area contributed by atoms with Gasteiger partial charge < -0.3 is 14.4 Å². The molecule has 16 heavy (non-hydrogen) atoms. The van der Waals surface area contributed by atoms with E-state index in [2.05, 4.69) is 4.98 Å². The van der Waals surface area contributed by atoms with E-state index in [1.165, 1.54) is 11.8 Å². The minimum Gasteiger partial charge on any atom is -0.481 e. The van der Waals surface area contributed by atoms with E-state index in [1.54, 1.807) is 6.20 Å². The highest BCUT2D eigenvalue weighted by atomic mass is 32.2. The first-order valence-electron chi connectivity index (χ1n) is 5.19. The number of aromatic nitrogens is 2. The van der Waals surface area contributed by atoms with Crippen LogP contribution in [0.25, 0.3) is 0 Å². The first kappa shape index (κ1) is 11.5. The average molecular weight is 242 g/mol. The second-order valence-corrected chi connectivity index (χ2v) is 4.72. The smallest absolute Gasteiger partial charge is 0.313 e. The Kier molecular flexibility index (Phi) is 3.84. The third-order valence-electron chi connectivity index (χ3n) is 2.48. The van der Waals surface area contributed by atoms with Crippen molar-refractivity contribution in [3.05, 3.63) is 12.4 Å². The van der Waals surface area contributed by atoms with Gasteiger partial charge in [-0.3, -0.25) is 4.79 Å². The van der Waals surface area contributed by atoms with E-state index in [0.717, 1.165) is 31.3 Å². The molecule has 5 nitrogen and oxygen atoms in total. The lowest BCUT2D eigenvalue weighted by atomic mass is 10.1. The zero-order valence-corrected chi connectivity index (χ0v) is 9.65. The lowest BCUT2D eigenvalue weighted by Crippen LogP contribution is -2.11. The number of nitrogens with zero attached hydrogens (tertiary/aromatic N) is 2. The fourth-order valence-corrected chi connectivity index (χ4v) is 2.40. The number of ether oxygens (including phenoxy) is 1. The SMILES string of the molecule is O=C(O)CSc1nccn1CC1CCOC1. The predicted molar refractivity (Wildman–Crippen MR) is 59.5 cm³/mol. The molecule has 1 aliphatic rings. The molecule has 0 bridgehead atoms. The van der Waals surface area contributed by atoms with E-state index in [1.807, 2.05) is 10.8 Å². The van der Waals surface area contributed by atoms with Crippen LogP contribution in [-0.4, -0.2) is 39.6 Å². The van der Waals surface area contributed by atoms with Gasteiger partial charge in [0.2, 0.25) is 0 Å². The number of rotatable bonds is 5. The standard InChI is InChI=1S/C10H14N2O3S/c13-9(14)7-16-10-11-2-3-12(10)5-8-1-4-15-6-8/h2-3,8H,1,4-7H2,(H,13,14). The average Bonchev–Trinajstić information content (AvgIpc) is 2.87. The molecule has 1 N–H and O–H groups in total. The number of carboxylic acid groups (broad SMARTS) is 1.